The van der Waals surface area contributed by atoms with Gasteiger partial charge >= 0.3 is 0 Å². The van der Waals surface area contributed by atoms with Crippen molar-refractivity contribution < 1.29 is 4.74 Å². The molecule has 1 aromatic carbocycles. The number of anilines is 2. The highest BCUT2D eigenvalue weighted by molar-refractivity contribution is 9.10. The molecule has 0 bridgehead atoms. The molecule has 1 aromatic rings. The van der Waals surface area contributed by atoms with Crippen molar-refractivity contribution in [3.05, 3.63) is 16.6 Å². The number of nitrogens with zero attached hydrogens (tertiary/aromatic N) is 1. The van der Waals surface area contributed by atoms with E-state index < -0.39 is 0 Å². The van der Waals surface area contributed by atoms with Crippen LogP contribution in [0.25, 0.3) is 0 Å². The molecule has 2 N–H and O–H groups in total. The van der Waals surface area contributed by atoms with Crippen molar-refractivity contribution in [3.63, 3.8) is 0 Å². The van der Waals surface area contributed by atoms with Gasteiger partial charge in [-0.15, -0.1) is 0 Å². The van der Waals surface area contributed by atoms with E-state index in [1.54, 1.807) is 7.11 Å². The first-order valence-corrected chi connectivity index (χ1v) is 6.79. The number of methoxy groups -OCH3 is 1. The molecule has 1 fully saturated rings. The molecule has 1 unspecified atom stereocenters. The summed E-state index contributed by atoms with van der Waals surface area (Å²) in [7, 11) is 1.65. The van der Waals surface area contributed by atoms with Gasteiger partial charge in [0.2, 0.25) is 0 Å². The topological polar surface area (TPSA) is 38.5 Å². The van der Waals surface area contributed by atoms with Crippen LogP contribution in [0.5, 0.6) is 5.75 Å². The average molecular weight is 299 g/mol. The Balaban J connectivity index is 2.33. The van der Waals surface area contributed by atoms with Gasteiger partial charge in [-0.05, 0) is 30.9 Å². The normalized spacial score (nSPS) is 20.4. The standard InChI is InChI=1S/C13H19BrN2O/c1-9-4-3-5-16(8-9)11-6-10(14)7-12(17-2)13(11)15/h6-7,9H,3-5,8,15H2,1-2H3. The van der Waals surface area contributed by atoms with Crippen LogP contribution in [-0.2, 0) is 0 Å². The smallest absolute Gasteiger partial charge is 0.145 e. The lowest BCUT2D eigenvalue weighted by molar-refractivity contribution is 0.415. The minimum atomic E-state index is 0.730. The second kappa shape index (κ2) is 5.17. The van der Waals surface area contributed by atoms with Crippen molar-refractivity contribution in [2.24, 2.45) is 5.92 Å². The first-order chi connectivity index (χ1) is 8.11. The molecule has 1 atom stereocenters. The summed E-state index contributed by atoms with van der Waals surface area (Å²) in [5, 5.41) is 0. The molecule has 3 nitrogen and oxygen atoms in total. The lowest BCUT2D eigenvalue weighted by atomic mass is 9.99. The molecule has 4 heteroatoms. The van der Waals surface area contributed by atoms with Gasteiger partial charge in [0.1, 0.15) is 5.75 Å². The van der Waals surface area contributed by atoms with E-state index in [-0.39, 0.29) is 0 Å². The molecule has 0 aromatic heterocycles. The second-order valence-electron chi connectivity index (χ2n) is 4.73. The van der Waals surface area contributed by atoms with Crippen LogP contribution in [0.15, 0.2) is 16.6 Å². The van der Waals surface area contributed by atoms with Gasteiger partial charge in [-0.1, -0.05) is 22.9 Å². The molecule has 1 aliphatic rings. The minimum Gasteiger partial charge on any atom is -0.494 e. The Kier molecular flexibility index (Phi) is 3.82. The zero-order valence-corrected chi connectivity index (χ0v) is 12.0. The summed E-state index contributed by atoms with van der Waals surface area (Å²) in [6.45, 7) is 4.44. The molecule has 0 aliphatic carbocycles. The first kappa shape index (κ1) is 12.6. The molecule has 17 heavy (non-hydrogen) atoms. The Morgan fingerprint density at radius 2 is 2.24 bits per heavy atom. The molecule has 1 aliphatic heterocycles. The third-order valence-corrected chi connectivity index (χ3v) is 3.76. The van der Waals surface area contributed by atoms with Crippen molar-refractivity contribution in [2.45, 2.75) is 19.8 Å². The maximum atomic E-state index is 6.15. The summed E-state index contributed by atoms with van der Waals surface area (Å²) in [4.78, 5) is 2.36. The molecular formula is C13H19BrN2O. The van der Waals surface area contributed by atoms with Crippen molar-refractivity contribution >= 4 is 27.3 Å². The highest BCUT2D eigenvalue weighted by Crippen LogP contribution is 2.37. The molecule has 0 spiro atoms. The number of rotatable bonds is 2. The Morgan fingerprint density at radius 1 is 1.47 bits per heavy atom. The SMILES string of the molecule is COc1cc(Br)cc(N2CCCC(C)C2)c1N. The van der Waals surface area contributed by atoms with E-state index in [0.717, 1.165) is 40.6 Å². The molecule has 94 valence electrons. The zero-order valence-electron chi connectivity index (χ0n) is 10.4. The average Bonchev–Trinajstić information content (AvgIpc) is 2.31. The predicted octanol–water partition coefficient (Wildman–Crippen LogP) is 3.28. The van der Waals surface area contributed by atoms with Crippen molar-refractivity contribution in [1.29, 1.82) is 0 Å². The number of hydrogen-bond donors (Lipinski definition) is 1. The number of piperidine rings is 1. The van der Waals surface area contributed by atoms with Crippen LogP contribution in [0.1, 0.15) is 19.8 Å². The molecule has 1 heterocycles. The van der Waals surface area contributed by atoms with Crippen LogP contribution >= 0.6 is 15.9 Å². The fourth-order valence-corrected chi connectivity index (χ4v) is 2.84. The Bertz CT molecular complexity index is 409. The van der Waals surface area contributed by atoms with E-state index in [2.05, 4.69) is 33.8 Å². The highest BCUT2D eigenvalue weighted by Gasteiger charge is 2.20. The van der Waals surface area contributed by atoms with E-state index in [1.807, 2.05) is 6.07 Å². The van der Waals surface area contributed by atoms with Crippen LogP contribution in [0.3, 0.4) is 0 Å². The van der Waals surface area contributed by atoms with Crippen LogP contribution in [0.4, 0.5) is 11.4 Å². The predicted molar refractivity (Wildman–Crippen MR) is 75.7 cm³/mol. The van der Waals surface area contributed by atoms with Gasteiger partial charge in [0.05, 0.1) is 18.5 Å². The third kappa shape index (κ3) is 2.68. The molecule has 0 radical (unpaired) electrons. The molecule has 0 saturated carbocycles. The molecule has 2 rings (SSSR count). The van der Waals surface area contributed by atoms with E-state index in [0.29, 0.717) is 0 Å². The van der Waals surface area contributed by atoms with Crippen LogP contribution in [0.2, 0.25) is 0 Å². The Hall–Kier alpha value is -0.900. The van der Waals surface area contributed by atoms with Gasteiger partial charge in [-0.25, -0.2) is 0 Å². The Labute approximate surface area is 111 Å². The second-order valence-corrected chi connectivity index (χ2v) is 5.65. The van der Waals surface area contributed by atoms with Crippen LogP contribution < -0.4 is 15.4 Å². The van der Waals surface area contributed by atoms with Crippen LogP contribution in [0, 0.1) is 5.92 Å². The lowest BCUT2D eigenvalue weighted by Crippen LogP contribution is -2.34. The maximum Gasteiger partial charge on any atom is 0.145 e. The number of benzene rings is 1. The van der Waals surface area contributed by atoms with E-state index in [1.165, 1.54) is 12.8 Å². The fraction of sp³-hybridized carbons (Fsp3) is 0.538. The van der Waals surface area contributed by atoms with Crippen molar-refractivity contribution in [3.8, 4) is 5.75 Å². The summed E-state index contributed by atoms with van der Waals surface area (Å²) in [5.41, 5.74) is 7.98. The minimum absolute atomic E-state index is 0.730. The first-order valence-electron chi connectivity index (χ1n) is 5.99. The molecular weight excluding hydrogens is 280 g/mol. The number of hydrogen-bond acceptors (Lipinski definition) is 3. The van der Waals surface area contributed by atoms with E-state index in [9.17, 15) is 0 Å². The molecule has 0 amide bonds. The quantitative estimate of drug-likeness (QED) is 0.852. The van der Waals surface area contributed by atoms with Gasteiger partial charge in [0.15, 0.2) is 0 Å². The summed E-state index contributed by atoms with van der Waals surface area (Å²) in [6.07, 6.45) is 2.54. The fourth-order valence-electron chi connectivity index (χ4n) is 2.42. The monoisotopic (exact) mass is 298 g/mol. The van der Waals surface area contributed by atoms with Gasteiger partial charge in [0.25, 0.3) is 0 Å². The van der Waals surface area contributed by atoms with Crippen molar-refractivity contribution in [2.75, 3.05) is 30.8 Å². The summed E-state index contributed by atoms with van der Waals surface area (Å²) < 4.78 is 6.31. The van der Waals surface area contributed by atoms with E-state index >= 15 is 0 Å². The van der Waals surface area contributed by atoms with E-state index in [4.69, 9.17) is 10.5 Å². The largest absolute Gasteiger partial charge is 0.494 e. The highest BCUT2D eigenvalue weighted by atomic mass is 79.9. The summed E-state index contributed by atoms with van der Waals surface area (Å²) >= 11 is 3.51. The summed E-state index contributed by atoms with van der Waals surface area (Å²) in [5.74, 6) is 1.47. The van der Waals surface area contributed by atoms with Gasteiger partial charge < -0.3 is 15.4 Å². The zero-order chi connectivity index (χ0) is 12.4. The molecule has 1 saturated heterocycles. The van der Waals surface area contributed by atoms with Crippen molar-refractivity contribution in [1.82, 2.24) is 0 Å². The number of nitrogen functional groups attached to an aromatic ring is 1. The lowest BCUT2D eigenvalue weighted by Gasteiger charge is -2.34. The number of ether oxygens (including phenoxy) is 1. The van der Waals surface area contributed by atoms with Gasteiger partial charge in [-0.2, -0.15) is 0 Å². The Morgan fingerprint density at radius 3 is 2.88 bits per heavy atom. The third-order valence-electron chi connectivity index (χ3n) is 3.30. The van der Waals surface area contributed by atoms with Gasteiger partial charge in [0, 0.05) is 17.6 Å². The van der Waals surface area contributed by atoms with Crippen LogP contribution in [-0.4, -0.2) is 20.2 Å². The summed E-state index contributed by atoms with van der Waals surface area (Å²) in [6, 6.07) is 3.99. The number of nitrogens with two attached hydrogens (primary N) is 1. The maximum absolute atomic E-state index is 6.15. The number of halogens is 1. The van der Waals surface area contributed by atoms with Gasteiger partial charge in [-0.3, -0.25) is 0 Å².